The number of nitrogens with zero attached hydrogens (tertiary/aromatic N) is 4. The molecular formula is C23H28N4O2S. The van der Waals surface area contributed by atoms with Gasteiger partial charge in [0.25, 0.3) is 0 Å². The van der Waals surface area contributed by atoms with Gasteiger partial charge in [-0.05, 0) is 36.0 Å². The van der Waals surface area contributed by atoms with Crippen molar-refractivity contribution in [2.45, 2.75) is 50.7 Å². The number of carbonyl (C=O) groups is 1. The molecule has 0 saturated carbocycles. The van der Waals surface area contributed by atoms with Gasteiger partial charge in [-0.3, -0.25) is 9.36 Å². The molecule has 2 aromatic heterocycles. The molecule has 7 heteroatoms. The van der Waals surface area contributed by atoms with Gasteiger partial charge < -0.3 is 9.32 Å². The molecule has 158 valence electrons. The highest BCUT2D eigenvalue weighted by Gasteiger charge is 2.21. The maximum Gasteiger partial charge on any atom is 0.233 e. The summed E-state index contributed by atoms with van der Waals surface area (Å²) in [6.07, 6.45) is 3.86. The van der Waals surface area contributed by atoms with E-state index in [2.05, 4.69) is 55.2 Å². The second kappa shape index (κ2) is 8.68. The summed E-state index contributed by atoms with van der Waals surface area (Å²) in [5, 5.41) is 9.60. The van der Waals surface area contributed by atoms with E-state index >= 15 is 0 Å². The Labute approximate surface area is 181 Å². The van der Waals surface area contributed by atoms with E-state index in [9.17, 15) is 4.79 Å². The van der Waals surface area contributed by atoms with Gasteiger partial charge >= 0.3 is 0 Å². The third-order valence-electron chi connectivity index (χ3n) is 5.40. The minimum atomic E-state index is 0.0946. The first-order valence-corrected chi connectivity index (χ1v) is 11.4. The lowest BCUT2D eigenvalue weighted by Gasteiger charge is -2.19. The van der Waals surface area contributed by atoms with Gasteiger partial charge in [0.15, 0.2) is 11.0 Å². The second-order valence-electron chi connectivity index (χ2n) is 8.68. The number of hydrogen-bond donors (Lipinski definition) is 0. The molecule has 3 heterocycles. The van der Waals surface area contributed by atoms with Crippen LogP contribution in [-0.4, -0.2) is 44.4 Å². The van der Waals surface area contributed by atoms with E-state index < -0.39 is 0 Å². The quantitative estimate of drug-likeness (QED) is 0.541. The van der Waals surface area contributed by atoms with Gasteiger partial charge in [-0.1, -0.05) is 56.8 Å². The van der Waals surface area contributed by atoms with Crippen LogP contribution in [0.3, 0.4) is 0 Å². The number of benzene rings is 1. The maximum absolute atomic E-state index is 12.5. The summed E-state index contributed by atoms with van der Waals surface area (Å²) < 4.78 is 7.60. The average molecular weight is 425 g/mol. The van der Waals surface area contributed by atoms with Gasteiger partial charge in [0.2, 0.25) is 5.91 Å². The summed E-state index contributed by atoms with van der Waals surface area (Å²) in [5.74, 6) is 2.15. The van der Waals surface area contributed by atoms with Crippen LogP contribution in [0.5, 0.6) is 0 Å². The summed E-state index contributed by atoms with van der Waals surface area (Å²) in [6.45, 7) is 8.86. The molecule has 1 amide bonds. The zero-order valence-corrected chi connectivity index (χ0v) is 18.6. The first-order valence-electron chi connectivity index (χ1n) is 10.4. The Morgan fingerprint density at radius 3 is 2.47 bits per heavy atom. The third-order valence-corrected chi connectivity index (χ3v) is 6.36. The predicted octanol–water partition coefficient (Wildman–Crippen LogP) is 4.60. The fourth-order valence-electron chi connectivity index (χ4n) is 3.61. The van der Waals surface area contributed by atoms with E-state index in [0.29, 0.717) is 12.3 Å². The zero-order valence-electron chi connectivity index (χ0n) is 17.8. The summed E-state index contributed by atoms with van der Waals surface area (Å²) in [6, 6.07) is 12.3. The van der Waals surface area contributed by atoms with E-state index in [-0.39, 0.29) is 11.3 Å². The average Bonchev–Trinajstić information content (AvgIpc) is 3.48. The van der Waals surface area contributed by atoms with Crippen molar-refractivity contribution in [3.63, 3.8) is 0 Å². The highest BCUT2D eigenvalue weighted by atomic mass is 32.2. The largest absolute Gasteiger partial charge is 0.467 e. The zero-order chi connectivity index (χ0) is 21.1. The topological polar surface area (TPSA) is 64.2 Å². The van der Waals surface area contributed by atoms with Crippen LogP contribution in [0.2, 0.25) is 0 Å². The first-order chi connectivity index (χ1) is 14.4. The molecule has 0 unspecified atom stereocenters. The predicted molar refractivity (Wildman–Crippen MR) is 119 cm³/mol. The smallest absolute Gasteiger partial charge is 0.233 e. The Bertz CT molecular complexity index is 981. The molecular weight excluding hydrogens is 396 g/mol. The number of aromatic nitrogens is 3. The van der Waals surface area contributed by atoms with Gasteiger partial charge in [0.05, 0.1) is 18.6 Å². The molecule has 0 atom stereocenters. The fourth-order valence-corrected chi connectivity index (χ4v) is 4.45. The second-order valence-corrected chi connectivity index (χ2v) is 9.62. The number of thioether (sulfide) groups is 1. The molecule has 30 heavy (non-hydrogen) atoms. The van der Waals surface area contributed by atoms with Crippen molar-refractivity contribution in [1.82, 2.24) is 19.7 Å². The molecule has 4 rings (SSSR count). The van der Waals surface area contributed by atoms with Gasteiger partial charge in [0, 0.05) is 18.7 Å². The standard InChI is InChI=1S/C23H28N4O2S/c1-23(2,3)18-10-8-17(9-11-18)21-24-25-22(27(21)15-19-7-6-14-29-19)30-16-20(28)26-12-4-5-13-26/h6-11,14H,4-5,12-13,15-16H2,1-3H3. The summed E-state index contributed by atoms with van der Waals surface area (Å²) in [4.78, 5) is 14.4. The Balaban J connectivity index is 1.59. The minimum Gasteiger partial charge on any atom is -0.467 e. The molecule has 1 aliphatic rings. The summed E-state index contributed by atoms with van der Waals surface area (Å²) in [7, 11) is 0. The monoisotopic (exact) mass is 424 g/mol. The SMILES string of the molecule is CC(C)(C)c1ccc(-c2nnc(SCC(=O)N3CCCC3)n2Cc2ccco2)cc1. The number of carbonyl (C=O) groups excluding carboxylic acids is 1. The molecule has 0 spiro atoms. The van der Waals surface area contributed by atoms with E-state index in [1.54, 1.807) is 6.26 Å². The molecule has 1 aliphatic heterocycles. The molecule has 1 fully saturated rings. The van der Waals surface area contributed by atoms with Gasteiger partial charge in [0.1, 0.15) is 5.76 Å². The normalized spacial score (nSPS) is 14.4. The van der Waals surface area contributed by atoms with Crippen LogP contribution in [-0.2, 0) is 16.8 Å². The Kier molecular flexibility index (Phi) is 5.99. The van der Waals surface area contributed by atoms with Crippen LogP contribution in [0, 0.1) is 0 Å². The first kappa shape index (κ1) is 20.7. The van der Waals surface area contributed by atoms with Gasteiger partial charge in [-0.15, -0.1) is 10.2 Å². The molecule has 6 nitrogen and oxygen atoms in total. The van der Waals surface area contributed by atoms with E-state index in [1.165, 1.54) is 17.3 Å². The molecule has 1 aromatic carbocycles. The van der Waals surface area contributed by atoms with Gasteiger partial charge in [-0.2, -0.15) is 0 Å². The van der Waals surface area contributed by atoms with Crippen LogP contribution in [0.25, 0.3) is 11.4 Å². The highest BCUT2D eigenvalue weighted by Crippen LogP contribution is 2.28. The van der Waals surface area contributed by atoms with Crippen LogP contribution >= 0.6 is 11.8 Å². The van der Waals surface area contributed by atoms with Crippen LogP contribution in [0.15, 0.2) is 52.2 Å². The molecule has 0 aliphatic carbocycles. The highest BCUT2D eigenvalue weighted by molar-refractivity contribution is 7.99. The third kappa shape index (κ3) is 4.61. The molecule has 0 bridgehead atoms. The van der Waals surface area contributed by atoms with Crippen LogP contribution in [0.4, 0.5) is 0 Å². The van der Waals surface area contributed by atoms with E-state index in [0.717, 1.165) is 48.2 Å². The number of furan rings is 1. The molecule has 1 saturated heterocycles. The molecule has 0 radical (unpaired) electrons. The van der Waals surface area contributed by atoms with Crippen LogP contribution in [0.1, 0.15) is 44.9 Å². The fraction of sp³-hybridized carbons (Fsp3) is 0.435. The molecule has 3 aromatic rings. The van der Waals surface area contributed by atoms with Crippen molar-refractivity contribution >= 4 is 17.7 Å². The lowest BCUT2D eigenvalue weighted by atomic mass is 9.87. The van der Waals surface area contributed by atoms with Gasteiger partial charge in [-0.25, -0.2) is 0 Å². The lowest BCUT2D eigenvalue weighted by molar-refractivity contribution is -0.127. The van der Waals surface area contributed by atoms with E-state index in [4.69, 9.17) is 4.42 Å². The van der Waals surface area contributed by atoms with Crippen molar-refractivity contribution < 1.29 is 9.21 Å². The number of amides is 1. The van der Waals surface area contributed by atoms with Crippen LogP contribution < -0.4 is 0 Å². The summed E-state index contributed by atoms with van der Waals surface area (Å²) in [5.41, 5.74) is 2.37. The van der Waals surface area contributed by atoms with Crippen molar-refractivity contribution in [1.29, 1.82) is 0 Å². The minimum absolute atomic E-state index is 0.0946. The Morgan fingerprint density at radius 2 is 1.83 bits per heavy atom. The van der Waals surface area contributed by atoms with Crippen molar-refractivity contribution in [2.24, 2.45) is 0 Å². The number of hydrogen-bond acceptors (Lipinski definition) is 5. The Hall–Kier alpha value is -2.54. The van der Waals surface area contributed by atoms with Crippen molar-refractivity contribution in [2.75, 3.05) is 18.8 Å². The summed E-state index contributed by atoms with van der Waals surface area (Å²) >= 11 is 1.44. The van der Waals surface area contributed by atoms with E-state index in [1.807, 2.05) is 21.6 Å². The number of likely N-dealkylation sites (tertiary alicyclic amines) is 1. The molecule has 0 N–H and O–H groups in total. The lowest BCUT2D eigenvalue weighted by Crippen LogP contribution is -2.29. The van der Waals surface area contributed by atoms with Crippen molar-refractivity contribution in [3.05, 3.63) is 54.0 Å². The Morgan fingerprint density at radius 1 is 1.10 bits per heavy atom. The maximum atomic E-state index is 12.5. The number of rotatable bonds is 6. The van der Waals surface area contributed by atoms with Crippen molar-refractivity contribution in [3.8, 4) is 11.4 Å².